The van der Waals surface area contributed by atoms with Gasteiger partial charge in [-0.1, -0.05) is 17.2 Å². The molecule has 0 saturated carbocycles. The summed E-state index contributed by atoms with van der Waals surface area (Å²) in [5.74, 6) is 0.0368. The average Bonchev–Trinajstić information content (AvgIpc) is 3.41. The third kappa shape index (κ3) is 5.91. The molecule has 0 spiro atoms. The normalized spacial score (nSPS) is 17.4. The second-order valence-corrected chi connectivity index (χ2v) is 9.60. The molecule has 3 heterocycles. The number of carbonyl (C=O) groups excluding carboxylic acids is 1. The van der Waals surface area contributed by atoms with Gasteiger partial charge in [-0.3, -0.25) is 9.78 Å². The molecule has 0 radical (unpaired) electrons. The van der Waals surface area contributed by atoms with Crippen LogP contribution in [-0.4, -0.2) is 43.2 Å². The maximum atomic E-state index is 13.7. The van der Waals surface area contributed by atoms with Gasteiger partial charge in [0.25, 0.3) is 0 Å². The molecule has 2 aliphatic heterocycles. The molecule has 37 heavy (non-hydrogen) atoms. The lowest BCUT2D eigenvalue weighted by Crippen LogP contribution is -2.23. The van der Waals surface area contributed by atoms with E-state index in [4.69, 9.17) is 21.1 Å². The maximum Gasteiger partial charge on any atom is 0.160 e. The highest BCUT2D eigenvalue weighted by molar-refractivity contribution is 6.31. The van der Waals surface area contributed by atoms with Crippen molar-refractivity contribution in [3.8, 4) is 11.8 Å². The predicted octanol–water partition coefficient (Wildman–Crippen LogP) is 5.23. The summed E-state index contributed by atoms with van der Waals surface area (Å²) >= 11 is 5.97. The summed E-state index contributed by atoms with van der Waals surface area (Å²) in [4.78, 5) is 17.5. The highest BCUT2D eigenvalue weighted by Gasteiger charge is 2.22. The molecule has 3 aromatic rings. The molecule has 2 N–H and O–H groups in total. The van der Waals surface area contributed by atoms with Crippen LogP contribution in [0.1, 0.15) is 30.4 Å². The Balaban J connectivity index is 1.56. The van der Waals surface area contributed by atoms with E-state index in [2.05, 4.69) is 21.7 Å². The fraction of sp³-hybridized carbons (Fsp3) is 0.321. The average molecular weight is 521 g/mol. The molecular weight excluding hydrogens is 495 g/mol. The van der Waals surface area contributed by atoms with Crippen molar-refractivity contribution in [2.75, 3.05) is 31.6 Å². The predicted molar refractivity (Wildman–Crippen MR) is 140 cm³/mol. The van der Waals surface area contributed by atoms with Gasteiger partial charge in [0.15, 0.2) is 5.78 Å². The second-order valence-electron chi connectivity index (χ2n) is 9.19. The van der Waals surface area contributed by atoms with E-state index in [1.807, 2.05) is 6.07 Å². The zero-order valence-electron chi connectivity index (χ0n) is 20.2. The van der Waals surface area contributed by atoms with Crippen LogP contribution in [0.4, 0.5) is 15.8 Å². The molecule has 0 aliphatic carbocycles. The van der Waals surface area contributed by atoms with Crippen molar-refractivity contribution in [1.29, 1.82) is 5.26 Å². The van der Waals surface area contributed by atoms with Crippen molar-refractivity contribution < 1.29 is 18.7 Å². The number of anilines is 2. The topological polar surface area (TPSA) is 96.3 Å². The third-order valence-corrected chi connectivity index (χ3v) is 6.81. The zero-order chi connectivity index (χ0) is 25.8. The van der Waals surface area contributed by atoms with Crippen molar-refractivity contribution in [2.24, 2.45) is 0 Å². The van der Waals surface area contributed by atoms with Gasteiger partial charge in [0.2, 0.25) is 0 Å². The molecule has 1 aromatic heterocycles. The van der Waals surface area contributed by atoms with Crippen molar-refractivity contribution in [2.45, 2.75) is 31.8 Å². The Morgan fingerprint density at radius 2 is 2.16 bits per heavy atom. The summed E-state index contributed by atoms with van der Waals surface area (Å²) in [7, 11) is 0. The number of aromatic nitrogens is 1. The summed E-state index contributed by atoms with van der Waals surface area (Å²) in [6.45, 7) is 2.86. The maximum absolute atomic E-state index is 13.7. The lowest BCUT2D eigenvalue weighted by atomic mass is 9.99. The number of fused-ring (bicyclic) bond motifs is 1. The Bertz CT molecular complexity index is 1400. The van der Waals surface area contributed by atoms with E-state index in [9.17, 15) is 14.4 Å². The molecular formula is C28H26ClFN4O3. The minimum absolute atomic E-state index is 0.00649. The smallest absolute Gasteiger partial charge is 0.160 e. The Morgan fingerprint density at radius 1 is 1.32 bits per heavy atom. The molecule has 5 rings (SSSR count). The first-order valence-corrected chi connectivity index (χ1v) is 12.6. The first kappa shape index (κ1) is 25.2. The third-order valence-electron chi connectivity index (χ3n) is 6.52. The number of ether oxygens (including phenoxy) is 2. The van der Waals surface area contributed by atoms with Crippen LogP contribution in [0.3, 0.4) is 0 Å². The van der Waals surface area contributed by atoms with E-state index in [0.717, 1.165) is 37.9 Å². The van der Waals surface area contributed by atoms with Gasteiger partial charge in [-0.15, -0.1) is 0 Å². The molecule has 190 valence electrons. The first-order valence-electron chi connectivity index (χ1n) is 12.3. The van der Waals surface area contributed by atoms with Crippen molar-refractivity contribution >= 4 is 39.7 Å². The molecule has 2 aliphatic rings. The lowest BCUT2D eigenvalue weighted by molar-refractivity contribution is -0.114. The molecule has 2 saturated heterocycles. The van der Waals surface area contributed by atoms with E-state index < -0.39 is 5.82 Å². The van der Waals surface area contributed by atoms with Gasteiger partial charge in [-0.05, 0) is 56.3 Å². The highest BCUT2D eigenvalue weighted by atomic mass is 35.5. The standard InChI is InChI=1S/C28H26ClFN4O3/c29-24-12-20(1-2-25(24)30)34-28-19(14-31)15-33-26-13-27(37-22-5-8-36-16-22)18(11-23(26)28)10-21(35)9-17-3-6-32-7-4-17/h1-2,9,11-13,15,22,32H,3-8,10,16H2,(H,33,34). The molecule has 1 atom stereocenters. The monoisotopic (exact) mass is 520 g/mol. The number of benzene rings is 2. The molecule has 7 nitrogen and oxygen atoms in total. The van der Waals surface area contributed by atoms with Gasteiger partial charge in [-0.25, -0.2) is 4.39 Å². The number of hydrogen-bond acceptors (Lipinski definition) is 7. The Labute approximate surface area is 219 Å². The number of nitrogens with zero attached hydrogens (tertiary/aromatic N) is 2. The molecule has 1 unspecified atom stereocenters. The van der Waals surface area contributed by atoms with Gasteiger partial charge in [-0.2, -0.15) is 5.26 Å². The van der Waals surface area contributed by atoms with Crippen LogP contribution in [0, 0.1) is 17.1 Å². The number of rotatable bonds is 7. The van der Waals surface area contributed by atoms with Crippen LogP contribution in [-0.2, 0) is 16.0 Å². The van der Waals surface area contributed by atoms with Gasteiger partial charge in [0, 0.05) is 41.7 Å². The van der Waals surface area contributed by atoms with E-state index in [1.54, 1.807) is 18.2 Å². The van der Waals surface area contributed by atoms with Gasteiger partial charge in [0.1, 0.15) is 23.7 Å². The number of halogens is 2. The molecule has 2 aromatic carbocycles. The summed E-state index contributed by atoms with van der Waals surface area (Å²) in [6.07, 6.45) is 5.75. The zero-order valence-corrected chi connectivity index (χ0v) is 20.9. The van der Waals surface area contributed by atoms with Crippen molar-refractivity contribution in [3.63, 3.8) is 0 Å². The second kappa shape index (κ2) is 11.3. The first-order chi connectivity index (χ1) is 18.0. The van der Waals surface area contributed by atoms with Crippen LogP contribution in [0.2, 0.25) is 5.02 Å². The SMILES string of the molecule is N#Cc1cnc2cc(OC3CCOC3)c(CC(=O)C=C3CCNCC3)cc2c1Nc1ccc(F)c(Cl)c1. The number of carbonyl (C=O) groups is 1. The highest BCUT2D eigenvalue weighted by Crippen LogP contribution is 2.35. The molecule has 0 bridgehead atoms. The number of ketones is 1. The molecule has 0 amide bonds. The minimum Gasteiger partial charge on any atom is -0.488 e. The van der Waals surface area contributed by atoms with Crippen LogP contribution in [0.15, 0.2) is 48.2 Å². The van der Waals surface area contributed by atoms with Crippen LogP contribution in [0.5, 0.6) is 5.75 Å². The molecule has 2 fully saturated rings. The number of allylic oxidation sites excluding steroid dienone is 1. The van der Waals surface area contributed by atoms with Gasteiger partial charge < -0.3 is 20.1 Å². The fourth-order valence-corrected chi connectivity index (χ4v) is 4.77. The van der Waals surface area contributed by atoms with Crippen LogP contribution < -0.4 is 15.4 Å². The Morgan fingerprint density at radius 3 is 2.89 bits per heavy atom. The van der Waals surface area contributed by atoms with E-state index in [1.165, 1.54) is 18.3 Å². The number of piperidine rings is 1. The number of hydrogen-bond donors (Lipinski definition) is 2. The number of pyridine rings is 1. The van der Waals surface area contributed by atoms with E-state index in [-0.39, 0.29) is 23.3 Å². The summed E-state index contributed by atoms with van der Waals surface area (Å²) < 4.78 is 25.4. The molecule has 9 heteroatoms. The summed E-state index contributed by atoms with van der Waals surface area (Å²) in [6, 6.07) is 10.1. The lowest BCUT2D eigenvalue weighted by Gasteiger charge is -2.18. The summed E-state index contributed by atoms with van der Waals surface area (Å²) in [5.41, 5.74) is 3.76. The Hall–Kier alpha value is -3.51. The van der Waals surface area contributed by atoms with Gasteiger partial charge >= 0.3 is 0 Å². The van der Waals surface area contributed by atoms with Crippen molar-refractivity contribution in [3.05, 3.63) is 70.1 Å². The quantitative estimate of drug-likeness (QED) is 0.412. The van der Waals surface area contributed by atoms with E-state index in [0.29, 0.717) is 52.4 Å². The van der Waals surface area contributed by atoms with Crippen LogP contribution >= 0.6 is 11.6 Å². The number of nitriles is 1. The fourth-order valence-electron chi connectivity index (χ4n) is 4.59. The largest absolute Gasteiger partial charge is 0.488 e. The van der Waals surface area contributed by atoms with E-state index >= 15 is 0 Å². The van der Waals surface area contributed by atoms with Crippen LogP contribution in [0.25, 0.3) is 10.9 Å². The Kier molecular flexibility index (Phi) is 7.65. The minimum atomic E-state index is -0.534. The van der Waals surface area contributed by atoms with Crippen molar-refractivity contribution in [1.82, 2.24) is 10.3 Å². The number of nitrogens with one attached hydrogen (secondary N) is 2. The summed E-state index contributed by atoms with van der Waals surface area (Å²) in [5, 5.41) is 16.9. The van der Waals surface area contributed by atoms with Gasteiger partial charge in [0.05, 0.1) is 35.0 Å².